The van der Waals surface area contributed by atoms with Gasteiger partial charge in [-0.2, -0.15) is 0 Å². The number of rotatable bonds is 6. The van der Waals surface area contributed by atoms with Crippen molar-refractivity contribution in [3.63, 3.8) is 0 Å². The molecule has 0 saturated heterocycles. The highest BCUT2D eigenvalue weighted by molar-refractivity contribution is 4.95. The first-order valence-corrected chi connectivity index (χ1v) is 5.16. The van der Waals surface area contributed by atoms with E-state index in [1.54, 1.807) is 0 Å². The third-order valence-corrected chi connectivity index (χ3v) is 2.88. The van der Waals surface area contributed by atoms with Gasteiger partial charge in [0.15, 0.2) is 0 Å². The molecule has 2 atom stereocenters. The first-order chi connectivity index (χ1) is 6.12. The van der Waals surface area contributed by atoms with Gasteiger partial charge >= 0.3 is 0 Å². The predicted octanol–water partition coefficient (Wildman–Crippen LogP) is 0.901. The Labute approximate surface area is 80.3 Å². The molecule has 1 rings (SSSR count). The third kappa shape index (κ3) is 2.93. The lowest BCUT2D eigenvalue weighted by atomic mass is 9.99. The lowest BCUT2D eigenvalue weighted by Gasteiger charge is -2.27. The Kier molecular flexibility index (Phi) is 3.71. The zero-order valence-corrected chi connectivity index (χ0v) is 8.62. The van der Waals surface area contributed by atoms with Crippen LogP contribution < -0.4 is 5.73 Å². The van der Waals surface area contributed by atoms with E-state index >= 15 is 0 Å². The molecule has 3 nitrogen and oxygen atoms in total. The molecule has 1 aliphatic carbocycles. The highest BCUT2D eigenvalue weighted by Crippen LogP contribution is 2.39. The van der Waals surface area contributed by atoms with Crippen LogP contribution in [0.25, 0.3) is 0 Å². The van der Waals surface area contributed by atoms with Crippen molar-refractivity contribution in [3.05, 3.63) is 0 Å². The maximum Gasteiger partial charge on any atom is 0.103 e. The molecule has 0 bridgehead atoms. The quantitative estimate of drug-likeness (QED) is 0.649. The van der Waals surface area contributed by atoms with Crippen molar-refractivity contribution >= 4 is 0 Å². The summed E-state index contributed by atoms with van der Waals surface area (Å²) in [6.07, 6.45) is 3.39. The summed E-state index contributed by atoms with van der Waals surface area (Å²) in [6, 6.07) is 0. The molecule has 0 aromatic carbocycles. The molecule has 0 heterocycles. The zero-order valence-electron chi connectivity index (χ0n) is 8.62. The Balaban J connectivity index is 2.30. The fourth-order valence-electron chi connectivity index (χ4n) is 1.37. The lowest BCUT2D eigenvalue weighted by Crippen LogP contribution is -2.45. The molecule has 0 aromatic heterocycles. The second kappa shape index (κ2) is 4.40. The molecule has 3 N–H and O–H groups in total. The van der Waals surface area contributed by atoms with Crippen LogP contribution in [-0.2, 0) is 4.74 Å². The van der Waals surface area contributed by atoms with Crippen molar-refractivity contribution in [2.24, 2.45) is 11.7 Å². The highest BCUT2D eigenvalue weighted by atomic mass is 16.5. The molecule has 78 valence electrons. The number of aliphatic hydroxyl groups is 1. The summed E-state index contributed by atoms with van der Waals surface area (Å²) >= 11 is 0. The molecular weight excluding hydrogens is 166 g/mol. The SMILES string of the molecule is CCC(C)OCC(O)(CN)C1CC1. The van der Waals surface area contributed by atoms with E-state index in [0.717, 1.165) is 19.3 Å². The minimum atomic E-state index is -0.760. The molecular formula is C10H21NO2. The van der Waals surface area contributed by atoms with E-state index in [9.17, 15) is 5.11 Å². The maximum absolute atomic E-state index is 10.1. The smallest absolute Gasteiger partial charge is 0.103 e. The molecule has 0 radical (unpaired) electrons. The van der Waals surface area contributed by atoms with Crippen molar-refractivity contribution in [3.8, 4) is 0 Å². The second-order valence-electron chi connectivity index (χ2n) is 4.11. The van der Waals surface area contributed by atoms with Crippen LogP contribution in [0, 0.1) is 5.92 Å². The van der Waals surface area contributed by atoms with Crippen LogP contribution >= 0.6 is 0 Å². The van der Waals surface area contributed by atoms with E-state index in [1.165, 1.54) is 0 Å². The fraction of sp³-hybridized carbons (Fsp3) is 1.00. The lowest BCUT2D eigenvalue weighted by molar-refractivity contribution is -0.0763. The van der Waals surface area contributed by atoms with Gasteiger partial charge in [0, 0.05) is 6.54 Å². The Morgan fingerprint density at radius 2 is 2.23 bits per heavy atom. The first kappa shape index (κ1) is 11.0. The molecule has 1 saturated carbocycles. The van der Waals surface area contributed by atoms with Crippen LogP contribution in [0.3, 0.4) is 0 Å². The van der Waals surface area contributed by atoms with Gasteiger partial charge in [0.25, 0.3) is 0 Å². The zero-order chi connectivity index (χ0) is 9.90. The van der Waals surface area contributed by atoms with Crippen molar-refractivity contribution in [1.29, 1.82) is 0 Å². The average Bonchev–Trinajstić information content (AvgIpc) is 2.96. The van der Waals surface area contributed by atoms with Gasteiger partial charge in [-0.05, 0) is 32.1 Å². The number of nitrogens with two attached hydrogens (primary N) is 1. The molecule has 0 aliphatic heterocycles. The summed E-state index contributed by atoms with van der Waals surface area (Å²) < 4.78 is 5.52. The van der Waals surface area contributed by atoms with Crippen molar-refractivity contribution in [2.75, 3.05) is 13.2 Å². The van der Waals surface area contributed by atoms with Gasteiger partial charge in [-0.25, -0.2) is 0 Å². The molecule has 3 heteroatoms. The van der Waals surface area contributed by atoms with Gasteiger partial charge in [-0.15, -0.1) is 0 Å². The van der Waals surface area contributed by atoms with Crippen LogP contribution in [0.4, 0.5) is 0 Å². The van der Waals surface area contributed by atoms with Gasteiger partial charge in [-0.1, -0.05) is 6.92 Å². The average molecular weight is 187 g/mol. The molecule has 0 amide bonds. The summed E-state index contributed by atoms with van der Waals surface area (Å²) in [5.41, 5.74) is 4.79. The van der Waals surface area contributed by atoms with E-state index in [-0.39, 0.29) is 6.10 Å². The second-order valence-corrected chi connectivity index (χ2v) is 4.11. The number of hydrogen-bond donors (Lipinski definition) is 2. The number of hydrogen-bond acceptors (Lipinski definition) is 3. The van der Waals surface area contributed by atoms with E-state index in [4.69, 9.17) is 10.5 Å². The monoisotopic (exact) mass is 187 g/mol. The molecule has 0 aromatic rings. The summed E-state index contributed by atoms with van der Waals surface area (Å²) in [4.78, 5) is 0. The Hall–Kier alpha value is -0.120. The Morgan fingerprint density at radius 1 is 1.62 bits per heavy atom. The fourth-order valence-corrected chi connectivity index (χ4v) is 1.37. The number of ether oxygens (including phenoxy) is 1. The standard InChI is InChI=1S/C10H21NO2/c1-3-8(2)13-7-10(12,6-11)9-4-5-9/h8-9,12H,3-7,11H2,1-2H3. The van der Waals surface area contributed by atoms with E-state index in [0.29, 0.717) is 19.1 Å². The first-order valence-electron chi connectivity index (χ1n) is 5.16. The topological polar surface area (TPSA) is 55.5 Å². The van der Waals surface area contributed by atoms with E-state index < -0.39 is 5.60 Å². The minimum Gasteiger partial charge on any atom is -0.386 e. The highest BCUT2D eigenvalue weighted by Gasteiger charge is 2.43. The van der Waals surface area contributed by atoms with Crippen LogP contribution in [0.5, 0.6) is 0 Å². The van der Waals surface area contributed by atoms with Crippen LogP contribution in [0.15, 0.2) is 0 Å². The Bertz CT molecular complexity index is 159. The third-order valence-electron chi connectivity index (χ3n) is 2.88. The van der Waals surface area contributed by atoms with Crippen LogP contribution in [-0.4, -0.2) is 30.0 Å². The van der Waals surface area contributed by atoms with E-state index in [2.05, 4.69) is 6.92 Å². The van der Waals surface area contributed by atoms with Crippen molar-refractivity contribution in [2.45, 2.75) is 44.8 Å². The minimum absolute atomic E-state index is 0.219. The van der Waals surface area contributed by atoms with Gasteiger partial charge in [0.1, 0.15) is 5.60 Å². The van der Waals surface area contributed by atoms with Gasteiger partial charge in [-0.3, -0.25) is 0 Å². The largest absolute Gasteiger partial charge is 0.386 e. The summed E-state index contributed by atoms with van der Waals surface area (Å²) in [7, 11) is 0. The maximum atomic E-state index is 10.1. The molecule has 13 heavy (non-hydrogen) atoms. The molecule has 1 fully saturated rings. The van der Waals surface area contributed by atoms with Gasteiger partial charge in [0.05, 0.1) is 12.7 Å². The predicted molar refractivity (Wildman–Crippen MR) is 52.4 cm³/mol. The Morgan fingerprint density at radius 3 is 2.62 bits per heavy atom. The van der Waals surface area contributed by atoms with Crippen LogP contribution in [0.2, 0.25) is 0 Å². The molecule has 2 unspecified atom stereocenters. The van der Waals surface area contributed by atoms with E-state index in [1.807, 2.05) is 6.92 Å². The normalized spacial score (nSPS) is 24.0. The van der Waals surface area contributed by atoms with Gasteiger partial charge < -0.3 is 15.6 Å². The van der Waals surface area contributed by atoms with Crippen molar-refractivity contribution in [1.82, 2.24) is 0 Å². The summed E-state index contributed by atoms with van der Waals surface area (Å²) in [6.45, 7) is 4.80. The molecule has 0 spiro atoms. The van der Waals surface area contributed by atoms with Gasteiger partial charge in [0.2, 0.25) is 0 Å². The molecule has 1 aliphatic rings. The summed E-state index contributed by atoms with van der Waals surface area (Å²) in [5, 5.41) is 10.1. The van der Waals surface area contributed by atoms with Crippen molar-refractivity contribution < 1.29 is 9.84 Å². The summed E-state index contributed by atoms with van der Waals surface area (Å²) in [5.74, 6) is 0.376. The van der Waals surface area contributed by atoms with Crippen LogP contribution in [0.1, 0.15) is 33.1 Å².